The standard InChI is InChI=1S/C10H9NO2S/c1-8-4-2-5-9(6-3-7-14)10(8)11(12)13/h2,4-5,14H,7H2,1H3. The molecule has 0 radical (unpaired) electrons. The van der Waals surface area contributed by atoms with Crippen LogP contribution in [0.4, 0.5) is 5.69 Å². The molecular weight excluding hydrogens is 198 g/mol. The fourth-order valence-electron chi connectivity index (χ4n) is 1.14. The van der Waals surface area contributed by atoms with Gasteiger partial charge in [-0.2, -0.15) is 12.6 Å². The minimum atomic E-state index is -0.405. The third-order valence-electron chi connectivity index (χ3n) is 1.72. The molecule has 1 aromatic carbocycles. The fourth-order valence-corrected chi connectivity index (χ4v) is 1.22. The zero-order valence-corrected chi connectivity index (χ0v) is 8.54. The first-order chi connectivity index (χ1) is 6.66. The third kappa shape index (κ3) is 2.27. The summed E-state index contributed by atoms with van der Waals surface area (Å²) in [6.45, 7) is 1.70. The average molecular weight is 207 g/mol. The Morgan fingerprint density at radius 2 is 2.29 bits per heavy atom. The summed E-state index contributed by atoms with van der Waals surface area (Å²) < 4.78 is 0. The molecule has 0 aliphatic rings. The Morgan fingerprint density at radius 3 is 2.86 bits per heavy atom. The summed E-state index contributed by atoms with van der Waals surface area (Å²) in [5.41, 5.74) is 1.16. The Balaban J connectivity index is 3.28. The molecule has 0 N–H and O–H groups in total. The predicted octanol–water partition coefficient (Wildman–Crippen LogP) is 2.18. The first kappa shape index (κ1) is 10.6. The van der Waals surface area contributed by atoms with Crippen molar-refractivity contribution in [2.24, 2.45) is 0 Å². The quantitative estimate of drug-likeness (QED) is 0.332. The summed E-state index contributed by atoms with van der Waals surface area (Å²) in [7, 11) is 0. The molecule has 0 fully saturated rings. The molecule has 0 saturated heterocycles. The minimum Gasteiger partial charge on any atom is -0.258 e. The summed E-state index contributed by atoms with van der Waals surface area (Å²) in [6, 6.07) is 5.09. The van der Waals surface area contributed by atoms with E-state index in [4.69, 9.17) is 0 Å². The van der Waals surface area contributed by atoms with Gasteiger partial charge in [-0.05, 0) is 13.0 Å². The molecule has 14 heavy (non-hydrogen) atoms. The lowest BCUT2D eigenvalue weighted by molar-refractivity contribution is -0.385. The van der Waals surface area contributed by atoms with E-state index in [1.165, 1.54) is 0 Å². The monoisotopic (exact) mass is 207 g/mol. The molecule has 4 heteroatoms. The van der Waals surface area contributed by atoms with Gasteiger partial charge in [-0.1, -0.05) is 24.0 Å². The number of para-hydroxylation sites is 1. The molecular formula is C10H9NO2S. The van der Waals surface area contributed by atoms with E-state index in [0.717, 1.165) is 0 Å². The van der Waals surface area contributed by atoms with Gasteiger partial charge in [0.2, 0.25) is 0 Å². The summed E-state index contributed by atoms with van der Waals surface area (Å²) in [6.07, 6.45) is 0. The van der Waals surface area contributed by atoms with Crippen LogP contribution in [0.5, 0.6) is 0 Å². The van der Waals surface area contributed by atoms with Crippen molar-refractivity contribution in [2.75, 3.05) is 5.75 Å². The number of nitro groups is 1. The highest BCUT2D eigenvalue weighted by Crippen LogP contribution is 2.21. The van der Waals surface area contributed by atoms with E-state index >= 15 is 0 Å². The SMILES string of the molecule is Cc1cccc(C#CCS)c1[N+](=O)[O-]. The van der Waals surface area contributed by atoms with E-state index in [1.807, 2.05) is 0 Å². The van der Waals surface area contributed by atoms with Gasteiger partial charge in [-0.15, -0.1) is 0 Å². The Hall–Kier alpha value is -1.47. The van der Waals surface area contributed by atoms with Gasteiger partial charge in [0, 0.05) is 5.56 Å². The molecule has 72 valence electrons. The van der Waals surface area contributed by atoms with Crippen molar-refractivity contribution in [1.29, 1.82) is 0 Å². The topological polar surface area (TPSA) is 43.1 Å². The van der Waals surface area contributed by atoms with Crippen LogP contribution in [0, 0.1) is 28.9 Å². The molecule has 0 bridgehead atoms. The molecule has 0 unspecified atom stereocenters. The second-order valence-electron chi connectivity index (χ2n) is 2.69. The van der Waals surface area contributed by atoms with Crippen LogP contribution in [0.2, 0.25) is 0 Å². The number of benzene rings is 1. The highest BCUT2D eigenvalue weighted by molar-refractivity contribution is 7.80. The van der Waals surface area contributed by atoms with Gasteiger partial charge in [0.1, 0.15) is 5.56 Å². The van der Waals surface area contributed by atoms with Crippen LogP contribution in [0.15, 0.2) is 18.2 Å². The molecule has 0 aliphatic carbocycles. The lowest BCUT2D eigenvalue weighted by Gasteiger charge is -1.98. The Labute approximate surface area is 87.7 Å². The fraction of sp³-hybridized carbons (Fsp3) is 0.200. The Bertz CT molecular complexity index is 418. The van der Waals surface area contributed by atoms with E-state index in [2.05, 4.69) is 24.5 Å². The van der Waals surface area contributed by atoms with Crippen LogP contribution in [-0.4, -0.2) is 10.7 Å². The summed E-state index contributed by atoms with van der Waals surface area (Å²) in [4.78, 5) is 10.3. The second kappa shape index (κ2) is 4.68. The first-order valence-electron chi connectivity index (χ1n) is 4.00. The molecule has 0 aliphatic heterocycles. The molecule has 0 atom stereocenters. The van der Waals surface area contributed by atoms with Crippen LogP contribution in [0.25, 0.3) is 0 Å². The number of aryl methyl sites for hydroxylation is 1. The Kier molecular flexibility index (Phi) is 3.55. The van der Waals surface area contributed by atoms with Crippen LogP contribution in [-0.2, 0) is 0 Å². The number of hydrogen-bond acceptors (Lipinski definition) is 3. The predicted molar refractivity (Wildman–Crippen MR) is 58.6 cm³/mol. The van der Waals surface area contributed by atoms with Crippen molar-refractivity contribution in [3.8, 4) is 11.8 Å². The van der Waals surface area contributed by atoms with Gasteiger partial charge < -0.3 is 0 Å². The second-order valence-corrected chi connectivity index (χ2v) is 3.00. The van der Waals surface area contributed by atoms with E-state index in [-0.39, 0.29) is 5.69 Å². The van der Waals surface area contributed by atoms with E-state index < -0.39 is 4.92 Å². The maximum absolute atomic E-state index is 10.7. The van der Waals surface area contributed by atoms with Crippen LogP contribution in [0.1, 0.15) is 11.1 Å². The van der Waals surface area contributed by atoms with E-state index in [0.29, 0.717) is 16.9 Å². The van der Waals surface area contributed by atoms with E-state index in [9.17, 15) is 10.1 Å². The summed E-state index contributed by atoms with van der Waals surface area (Å²) in [5, 5.41) is 10.7. The van der Waals surface area contributed by atoms with Crippen LogP contribution >= 0.6 is 12.6 Å². The number of thiol groups is 1. The maximum Gasteiger partial charge on any atom is 0.287 e. The average Bonchev–Trinajstić information content (AvgIpc) is 2.14. The third-order valence-corrected chi connectivity index (χ3v) is 1.88. The van der Waals surface area contributed by atoms with Crippen molar-refractivity contribution in [3.63, 3.8) is 0 Å². The molecule has 3 nitrogen and oxygen atoms in total. The van der Waals surface area contributed by atoms with Gasteiger partial charge in [0.25, 0.3) is 5.69 Å². The van der Waals surface area contributed by atoms with Gasteiger partial charge >= 0.3 is 0 Å². The molecule has 1 rings (SSSR count). The summed E-state index contributed by atoms with van der Waals surface area (Å²) >= 11 is 3.92. The van der Waals surface area contributed by atoms with E-state index in [1.54, 1.807) is 25.1 Å². The number of hydrogen-bond donors (Lipinski definition) is 1. The van der Waals surface area contributed by atoms with Crippen molar-refractivity contribution < 1.29 is 4.92 Å². The van der Waals surface area contributed by atoms with Gasteiger partial charge in [-0.25, -0.2) is 0 Å². The molecule has 0 saturated carbocycles. The number of rotatable bonds is 1. The molecule has 0 heterocycles. The highest BCUT2D eigenvalue weighted by Gasteiger charge is 2.14. The van der Waals surface area contributed by atoms with Crippen molar-refractivity contribution in [2.45, 2.75) is 6.92 Å². The number of nitrogens with zero attached hydrogens (tertiary/aromatic N) is 1. The molecule has 1 aromatic rings. The summed E-state index contributed by atoms with van der Waals surface area (Å²) in [5.74, 6) is 5.81. The van der Waals surface area contributed by atoms with Crippen molar-refractivity contribution >= 4 is 18.3 Å². The first-order valence-corrected chi connectivity index (χ1v) is 4.64. The normalized spacial score (nSPS) is 9.00. The zero-order valence-electron chi connectivity index (χ0n) is 7.65. The van der Waals surface area contributed by atoms with Gasteiger partial charge in [0.15, 0.2) is 0 Å². The number of nitro benzene ring substituents is 1. The van der Waals surface area contributed by atoms with Crippen LogP contribution in [0.3, 0.4) is 0 Å². The molecule has 0 spiro atoms. The maximum atomic E-state index is 10.7. The lowest BCUT2D eigenvalue weighted by Crippen LogP contribution is -1.95. The Morgan fingerprint density at radius 1 is 1.57 bits per heavy atom. The highest BCUT2D eigenvalue weighted by atomic mass is 32.1. The van der Waals surface area contributed by atoms with Crippen LogP contribution < -0.4 is 0 Å². The smallest absolute Gasteiger partial charge is 0.258 e. The molecule has 0 amide bonds. The largest absolute Gasteiger partial charge is 0.287 e. The lowest BCUT2D eigenvalue weighted by atomic mass is 10.1. The van der Waals surface area contributed by atoms with Gasteiger partial charge in [0.05, 0.1) is 10.7 Å². The molecule has 0 aromatic heterocycles. The van der Waals surface area contributed by atoms with Crippen molar-refractivity contribution in [3.05, 3.63) is 39.4 Å². The van der Waals surface area contributed by atoms with Crippen molar-refractivity contribution in [1.82, 2.24) is 0 Å². The zero-order chi connectivity index (χ0) is 10.6. The van der Waals surface area contributed by atoms with Gasteiger partial charge in [-0.3, -0.25) is 10.1 Å². The minimum absolute atomic E-state index is 0.0850.